The number of rotatable bonds is 5. The molecule has 1 amide bonds. The summed E-state index contributed by atoms with van der Waals surface area (Å²) in [6.07, 6.45) is 1.57. The minimum atomic E-state index is -0.607. The lowest BCUT2D eigenvalue weighted by Gasteiger charge is -2.09. The Morgan fingerprint density at radius 2 is 1.87 bits per heavy atom. The van der Waals surface area contributed by atoms with Crippen molar-refractivity contribution in [3.8, 4) is 0 Å². The zero-order chi connectivity index (χ0) is 16.7. The summed E-state index contributed by atoms with van der Waals surface area (Å²) in [4.78, 5) is 23.5. The van der Waals surface area contributed by atoms with Gasteiger partial charge in [-0.1, -0.05) is 54.1 Å². The second kappa shape index (κ2) is 8.15. The molecule has 1 N–H and O–H groups in total. The Kier molecular flexibility index (Phi) is 5.94. The highest BCUT2D eigenvalue weighted by molar-refractivity contribution is 6.30. The highest BCUT2D eigenvalue weighted by Crippen LogP contribution is 2.13. The maximum atomic E-state index is 12.2. The Bertz CT molecular complexity index is 726. The van der Waals surface area contributed by atoms with Crippen molar-refractivity contribution in [1.29, 1.82) is 0 Å². The van der Waals surface area contributed by atoms with Crippen LogP contribution in [0.5, 0.6) is 0 Å². The molecular weight excluding hydrogens is 314 g/mol. The first-order valence-electron chi connectivity index (χ1n) is 7.00. The van der Waals surface area contributed by atoms with Gasteiger partial charge in [-0.3, -0.25) is 4.79 Å². The molecule has 2 aromatic carbocycles. The number of amides is 1. The molecule has 0 radical (unpaired) electrons. The summed E-state index contributed by atoms with van der Waals surface area (Å²) < 4.78 is 5.24. The molecule has 0 aromatic heterocycles. The van der Waals surface area contributed by atoms with Gasteiger partial charge in [-0.05, 0) is 29.3 Å². The van der Waals surface area contributed by atoms with Crippen LogP contribution in [0.2, 0.25) is 5.02 Å². The predicted octanol–water partition coefficient (Wildman–Crippen LogP) is 3.56. The molecule has 118 valence electrons. The Hall–Kier alpha value is -2.59. The first kappa shape index (κ1) is 16.8. The van der Waals surface area contributed by atoms with Crippen molar-refractivity contribution in [2.24, 2.45) is 0 Å². The predicted molar refractivity (Wildman–Crippen MR) is 89.5 cm³/mol. The number of halogens is 1. The Morgan fingerprint density at radius 1 is 1.13 bits per heavy atom. The first-order valence-corrected chi connectivity index (χ1v) is 7.38. The zero-order valence-electron chi connectivity index (χ0n) is 12.6. The van der Waals surface area contributed by atoms with Gasteiger partial charge < -0.3 is 10.1 Å². The summed E-state index contributed by atoms with van der Waals surface area (Å²) in [5.41, 5.74) is 1.65. The smallest absolute Gasteiger partial charge is 0.355 e. The number of carbonyl (C=O) groups excluding carboxylic acids is 2. The molecule has 4 nitrogen and oxygen atoms in total. The number of esters is 1. The standard InChI is InChI=1S/C18H16ClNO3/c1-13(21)20-17(11-14-6-3-2-4-7-14)18(22)23-12-15-8-5-9-16(19)10-15/h2-11H,12H2,1H3,(H,20,21)/b17-11-. The van der Waals surface area contributed by atoms with E-state index in [0.717, 1.165) is 11.1 Å². The molecule has 2 aromatic rings. The summed E-state index contributed by atoms with van der Waals surface area (Å²) in [5, 5.41) is 3.07. The SMILES string of the molecule is CC(=O)N/C(=C\c1ccccc1)C(=O)OCc1cccc(Cl)c1. The Morgan fingerprint density at radius 3 is 2.52 bits per heavy atom. The third-order valence-electron chi connectivity index (χ3n) is 2.90. The lowest BCUT2D eigenvalue weighted by Crippen LogP contribution is -2.26. The van der Waals surface area contributed by atoms with E-state index in [2.05, 4.69) is 5.32 Å². The number of nitrogens with one attached hydrogen (secondary N) is 1. The van der Waals surface area contributed by atoms with E-state index in [0.29, 0.717) is 5.02 Å². The molecule has 0 aliphatic carbocycles. The summed E-state index contributed by atoms with van der Waals surface area (Å²) >= 11 is 5.89. The van der Waals surface area contributed by atoms with Gasteiger partial charge in [0.2, 0.25) is 5.91 Å². The summed E-state index contributed by atoms with van der Waals surface area (Å²) in [6, 6.07) is 16.2. The molecule has 0 unspecified atom stereocenters. The molecule has 2 rings (SSSR count). The molecule has 0 fully saturated rings. The summed E-state index contributed by atoms with van der Waals surface area (Å²) in [7, 11) is 0. The summed E-state index contributed by atoms with van der Waals surface area (Å²) in [5.74, 6) is -0.948. The van der Waals surface area contributed by atoms with Crippen molar-refractivity contribution in [2.45, 2.75) is 13.5 Å². The largest absolute Gasteiger partial charge is 0.456 e. The van der Waals surface area contributed by atoms with E-state index >= 15 is 0 Å². The van der Waals surface area contributed by atoms with Crippen LogP contribution in [0.4, 0.5) is 0 Å². The third-order valence-corrected chi connectivity index (χ3v) is 3.14. The van der Waals surface area contributed by atoms with Crippen molar-refractivity contribution < 1.29 is 14.3 Å². The van der Waals surface area contributed by atoms with Crippen molar-refractivity contribution in [2.75, 3.05) is 0 Å². The zero-order valence-corrected chi connectivity index (χ0v) is 13.3. The van der Waals surface area contributed by atoms with Crippen LogP contribution in [-0.2, 0) is 20.9 Å². The van der Waals surface area contributed by atoms with E-state index in [1.807, 2.05) is 30.3 Å². The van der Waals surface area contributed by atoms with Gasteiger partial charge in [-0.15, -0.1) is 0 Å². The molecule has 0 saturated heterocycles. The molecule has 0 heterocycles. The van der Waals surface area contributed by atoms with Gasteiger partial charge in [0.1, 0.15) is 12.3 Å². The molecule has 23 heavy (non-hydrogen) atoms. The van der Waals surface area contributed by atoms with Gasteiger partial charge >= 0.3 is 5.97 Å². The van der Waals surface area contributed by atoms with E-state index in [1.165, 1.54) is 6.92 Å². The first-order chi connectivity index (χ1) is 11.0. The topological polar surface area (TPSA) is 55.4 Å². The second-order valence-corrected chi connectivity index (χ2v) is 5.29. The number of hydrogen-bond acceptors (Lipinski definition) is 3. The fourth-order valence-electron chi connectivity index (χ4n) is 1.91. The molecular formula is C18H16ClNO3. The average molecular weight is 330 g/mol. The van der Waals surface area contributed by atoms with Crippen LogP contribution in [0, 0.1) is 0 Å². The van der Waals surface area contributed by atoms with E-state index in [-0.39, 0.29) is 18.2 Å². The van der Waals surface area contributed by atoms with Crippen LogP contribution in [-0.4, -0.2) is 11.9 Å². The maximum Gasteiger partial charge on any atom is 0.355 e. The molecule has 0 aliphatic heterocycles. The van der Waals surface area contributed by atoms with Gasteiger partial charge in [-0.25, -0.2) is 4.79 Å². The molecule has 5 heteroatoms. The minimum Gasteiger partial charge on any atom is -0.456 e. The van der Waals surface area contributed by atoms with E-state index < -0.39 is 5.97 Å². The maximum absolute atomic E-state index is 12.2. The van der Waals surface area contributed by atoms with Crippen LogP contribution >= 0.6 is 11.6 Å². The third kappa shape index (κ3) is 5.60. The van der Waals surface area contributed by atoms with Gasteiger partial charge in [0.05, 0.1) is 0 Å². The lowest BCUT2D eigenvalue weighted by atomic mass is 10.2. The van der Waals surface area contributed by atoms with Crippen molar-refractivity contribution >= 4 is 29.6 Å². The van der Waals surface area contributed by atoms with E-state index in [1.54, 1.807) is 30.3 Å². The van der Waals surface area contributed by atoms with Gasteiger partial charge in [0.15, 0.2) is 0 Å². The van der Waals surface area contributed by atoms with Crippen LogP contribution < -0.4 is 5.32 Å². The molecule has 0 bridgehead atoms. The second-order valence-electron chi connectivity index (χ2n) is 4.86. The van der Waals surface area contributed by atoms with E-state index in [4.69, 9.17) is 16.3 Å². The molecule has 0 atom stereocenters. The Balaban J connectivity index is 2.10. The minimum absolute atomic E-state index is 0.0745. The van der Waals surface area contributed by atoms with Crippen LogP contribution in [0.3, 0.4) is 0 Å². The molecule has 0 aliphatic rings. The molecule has 0 spiro atoms. The van der Waals surface area contributed by atoms with Crippen molar-refractivity contribution in [3.63, 3.8) is 0 Å². The highest BCUT2D eigenvalue weighted by atomic mass is 35.5. The fraction of sp³-hybridized carbons (Fsp3) is 0.111. The molecule has 0 saturated carbocycles. The average Bonchev–Trinajstić information content (AvgIpc) is 2.52. The quantitative estimate of drug-likeness (QED) is 0.674. The van der Waals surface area contributed by atoms with Crippen molar-refractivity contribution in [1.82, 2.24) is 5.32 Å². The van der Waals surface area contributed by atoms with E-state index in [9.17, 15) is 9.59 Å². The fourth-order valence-corrected chi connectivity index (χ4v) is 2.12. The monoisotopic (exact) mass is 329 g/mol. The number of benzene rings is 2. The normalized spacial score (nSPS) is 11.0. The number of hydrogen-bond donors (Lipinski definition) is 1. The van der Waals surface area contributed by atoms with Crippen LogP contribution in [0.1, 0.15) is 18.1 Å². The van der Waals surface area contributed by atoms with Gasteiger partial charge in [-0.2, -0.15) is 0 Å². The van der Waals surface area contributed by atoms with Crippen LogP contribution in [0.15, 0.2) is 60.3 Å². The lowest BCUT2D eigenvalue weighted by molar-refractivity contribution is -0.141. The Labute approximate surface area is 139 Å². The number of ether oxygens (including phenoxy) is 1. The highest BCUT2D eigenvalue weighted by Gasteiger charge is 2.13. The number of carbonyl (C=O) groups is 2. The van der Waals surface area contributed by atoms with Crippen LogP contribution in [0.25, 0.3) is 6.08 Å². The van der Waals surface area contributed by atoms with Gasteiger partial charge in [0.25, 0.3) is 0 Å². The van der Waals surface area contributed by atoms with Gasteiger partial charge in [0, 0.05) is 11.9 Å². The van der Waals surface area contributed by atoms with Crippen molar-refractivity contribution in [3.05, 3.63) is 76.4 Å². The summed E-state index contributed by atoms with van der Waals surface area (Å²) in [6.45, 7) is 1.41.